The predicted octanol–water partition coefficient (Wildman–Crippen LogP) is 2.37. The topological polar surface area (TPSA) is 122 Å². The number of carbonyl (C=O) groups is 4. The summed E-state index contributed by atoms with van der Waals surface area (Å²) in [6.45, 7) is 10.3. The smallest absolute Gasteiger partial charge is 0.411 e. The Balaban J connectivity index is 3.52. The molecule has 0 radical (unpaired) electrons. The second kappa shape index (κ2) is 9.76. The number of hydrogen-bond donors (Lipinski definition) is 2. The van der Waals surface area contributed by atoms with Crippen LogP contribution in [0.3, 0.4) is 0 Å². The molecule has 0 aliphatic carbocycles. The summed E-state index contributed by atoms with van der Waals surface area (Å²) in [7, 11) is 1.47. The molecule has 4 atom stereocenters. The molecule has 1 fully saturated rings. The van der Waals surface area contributed by atoms with E-state index in [1.807, 2.05) is 6.92 Å². The number of ether oxygens (including phenoxy) is 2. The van der Waals surface area contributed by atoms with Gasteiger partial charge in [-0.25, -0.2) is 4.79 Å². The Labute approximate surface area is 178 Å². The van der Waals surface area contributed by atoms with Crippen LogP contribution in [0.15, 0.2) is 0 Å². The van der Waals surface area contributed by atoms with Crippen LogP contribution in [0, 0.1) is 5.92 Å². The highest BCUT2D eigenvalue weighted by Crippen LogP contribution is 2.46. The first-order chi connectivity index (χ1) is 13.8. The fourth-order valence-electron chi connectivity index (χ4n) is 4.48. The van der Waals surface area contributed by atoms with Gasteiger partial charge in [-0.05, 0) is 40.5 Å². The van der Waals surface area contributed by atoms with Gasteiger partial charge in [0.05, 0.1) is 18.1 Å². The zero-order valence-electron chi connectivity index (χ0n) is 19.1. The van der Waals surface area contributed by atoms with Crippen LogP contribution in [-0.4, -0.2) is 70.7 Å². The third-order valence-corrected chi connectivity index (χ3v) is 5.78. The minimum absolute atomic E-state index is 0.142. The van der Waals surface area contributed by atoms with Crippen LogP contribution in [-0.2, 0) is 23.9 Å². The molecule has 9 nitrogen and oxygen atoms in total. The number of aliphatic carboxylic acids is 1. The lowest BCUT2D eigenvalue weighted by Crippen LogP contribution is -2.64. The van der Waals surface area contributed by atoms with Gasteiger partial charge in [0.15, 0.2) is 0 Å². The van der Waals surface area contributed by atoms with E-state index in [-0.39, 0.29) is 12.5 Å². The zero-order valence-corrected chi connectivity index (χ0v) is 19.1. The second-order valence-electron chi connectivity index (χ2n) is 9.08. The Morgan fingerprint density at radius 3 is 2.30 bits per heavy atom. The Kier molecular flexibility index (Phi) is 8.42. The summed E-state index contributed by atoms with van der Waals surface area (Å²) >= 11 is 0. The van der Waals surface area contributed by atoms with Crippen molar-refractivity contribution in [2.75, 3.05) is 13.7 Å². The number of rotatable bonds is 9. The number of methoxy groups -OCH3 is 1. The summed E-state index contributed by atoms with van der Waals surface area (Å²) in [6.07, 6.45) is 0.821. The quantitative estimate of drug-likeness (QED) is 0.541. The number of hydrogen-bond acceptors (Lipinski definition) is 6. The fourth-order valence-corrected chi connectivity index (χ4v) is 4.48. The standard InChI is InChI=1S/C21H36N2O7/c1-8-9-16(22-14(2)25)20(6,29-7)15-10-11-23(18(28)30-19(3,4)5)21(15,13-24)12-17(26)27/h13,15-16H,8-12H2,1-7H3,(H,22,25)(H,26,27)/t15-,16+,20?,21+/m1/s1. The first-order valence-electron chi connectivity index (χ1n) is 10.3. The van der Waals surface area contributed by atoms with E-state index in [0.29, 0.717) is 19.1 Å². The van der Waals surface area contributed by atoms with Crippen molar-refractivity contribution in [2.24, 2.45) is 5.92 Å². The van der Waals surface area contributed by atoms with E-state index in [1.165, 1.54) is 18.9 Å². The van der Waals surface area contributed by atoms with Crippen molar-refractivity contribution in [1.29, 1.82) is 0 Å². The molecule has 0 aromatic rings. The van der Waals surface area contributed by atoms with E-state index < -0.39 is 47.2 Å². The van der Waals surface area contributed by atoms with Crippen LogP contribution < -0.4 is 5.32 Å². The maximum absolute atomic E-state index is 12.9. The van der Waals surface area contributed by atoms with Gasteiger partial charge in [-0.1, -0.05) is 13.3 Å². The molecule has 1 aliphatic rings. The molecule has 0 spiro atoms. The van der Waals surface area contributed by atoms with Gasteiger partial charge >= 0.3 is 12.1 Å². The van der Waals surface area contributed by atoms with Gasteiger partial charge in [0, 0.05) is 26.5 Å². The van der Waals surface area contributed by atoms with Crippen molar-refractivity contribution in [3.05, 3.63) is 0 Å². The van der Waals surface area contributed by atoms with E-state index >= 15 is 0 Å². The lowest BCUT2D eigenvalue weighted by molar-refractivity contribution is -0.151. The summed E-state index contributed by atoms with van der Waals surface area (Å²) < 4.78 is 11.3. The second-order valence-corrected chi connectivity index (χ2v) is 9.08. The average Bonchev–Trinajstić information content (AvgIpc) is 2.98. The number of nitrogens with zero attached hydrogens (tertiary/aromatic N) is 1. The molecule has 9 heteroatoms. The highest BCUT2D eigenvalue weighted by Gasteiger charge is 2.61. The molecule has 0 aromatic heterocycles. The van der Waals surface area contributed by atoms with E-state index in [9.17, 15) is 24.3 Å². The van der Waals surface area contributed by atoms with Gasteiger partial charge in [-0.15, -0.1) is 0 Å². The number of carbonyl (C=O) groups excluding carboxylic acids is 3. The van der Waals surface area contributed by atoms with Gasteiger partial charge in [-0.3, -0.25) is 14.5 Å². The van der Waals surface area contributed by atoms with E-state index in [4.69, 9.17) is 9.47 Å². The Morgan fingerprint density at radius 1 is 1.30 bits per heavy atom. The monoisotopic (exact) mass is 428 g/mol. The van der Waals surface area contributed by atoms with Crippen LogP contribution in [0.2, 0.25) is 0 Å². The third kappa shape index (κ3) is 5.50. The number of carboxylic acid groups (broad SMARTS) is 1. The zero-order chi connectivity index (χ0) is 23.3. The molecule has 2 amide bonds. The molecule has 1 saturated heterocycles. The summed E-state index contributed by atoms with van der Waals surface area (Å²) in [5, 5.41) is 12.5. The highest BCUT2D eigenvalue weighted by molar-refractivity contribution is 5.84. The number of nitrogens with one attached hydrogen (secondary N) is 1. The molecule has 1 aliphatic heterocycles. The fraction of sp³-hybridized carbons (Fsp3) is 0.810. The summed E-state index contributed by atoms with van der Waals surface area (Å²) in [5.74, 6) is -2.14. The Morgan fingerprint density at radius 2 is 1.90 bits per heavy atom. The lowest BCUT2D eigenvalue weighted by atomic mass is 9.69. The maximum atomic E-state index is 12.9. The number of carboxylic acids is 1. The van der Waals surface area contributed by atoms with Crippen LogP contribution in [0.4, 0.5) is 4.79 Å². The average molecular weight is 429 g/mol. The van der Waals surface area contributed by atoms with E-state index in [2.05, 4.69) is 5.32 Å². The highest BCUT2D eigenvalue weighted by atomic mass is 16.6. The van der Waals surface area contributed by atoms with Crippen LogP contribution in [0.1, 0.15) is 67.2 Å². The largest absolute Gasteiger partial charge is 0.481 e. The molecule has 0 aromatic carbocycles. The summed E-state index contributed by atoms with van der Waals surface area (Å²) in [5.41, 5.74) is -3.56. The lowest BCUT2D eigenvalue weighted by Gasteiger charge is -2.48. The Hall–Kier alpha value is -2.16. The first-order valence-corrected chi connectivity index (χ1v) is 10.3. The molecular weight excluding hydrogens is 392 g/mol. The normalized spacial score (nSPS) is 24.6. The molecule has 1 heterocycles. The van der Waals surface area contributed by atoms with E-state index in [1.54, 1.807) is 27.7 Å². The number of aldehydes is 1. The SMILES string of the molecule is CCC[C@H](NC(C)=O)C(C)(OC)[C@H]1CCN(C(=O)OC(C)(C)C)[C@]1(C=O)CC(=O)O. The minimum atomic E-state index is -1.66. The van der Waals surface area contributed by atoms with Crippen molar-refractivity contribution >= 4 is 24.3 Å². The first kappa shape index (κ1) is 25.9. The molecule has 2 N–H and O–H groups in total. The molecule has 172 valence electrons. The molecular formula is C21H36N2O7. The van der Waals surface area contributed by atoms with Crippen LogP contribution in [0.25, 0.3) is 0 Å². The van der Waals surface area contributed by atoms with Crippen LogP contribution in [0.5, 0.6) is 0 Å². The predicted molar refractivity (Wildman–Crippen MR) is 110 cm³/mol. The van der Waals surface area contributed by atoms with Crippen molar-refractivity contribution in [3.8, 4) is 0 Å². The number of amides is 2. The third-order valence-electron chi connectivity index (χ3n) is 5.78. The molecule has 1 unspecified atom stereocenters. The van der Waals surface area contributed by atoms with Crippen molar-refractivity contribution in [1.82, 2.24) is 10.2 Å². The van der Waals surface area contributed by atoms with Crippen LogP contribution >= 0.6 is 0 Å². The van der Waals surface area contributed by atoms with Gasteiger partial charge in [0.2, 0.25) is 5.91 Å². The van der Waals surface area contributed by atoms with Gasteiger partial charge in [0.1, 0.15) is 17.4 Å². The summed E-state index contributed by atoms with van der Waals surface area (Å²) in [4.78, 5) is 50.2. The molecule has 1 rings (SSSR count). The van der Waals surface area contributed by atoms with Crippen molar-refractivity contribution < 1.29 is 33.8 Å². The van der Waals surface area contributed by atoms with Crippen molar-refractivity contribution in [2.45, 2.75) is 90.0 Å². The Bertz CT molecular complexity index is 660. The van der Waals surface area contributed by atoms with Gasteiger partial charge < -0.3 is 24.7 Å². The minimum Gasteiger partial charge on any atom is -0.481 e. The van der Waals surface area contributed by atoms with Crippen molar-refractivity contribution in [3.63, 3.8) is 0 Å². The maximum Gasteiger partial charge on any atom is 0.411 e. The van der Waals surface area contributed by atoms with E-state index in [0.717, 1.165) is 6.42 Å². The van der Waals surface area contributed by atoms with Gasteiger partial charge in [0.25, 0.3) is 0 Å². The van der Waals surface area contributed by atoms with Gasteiger partial charge in [-0.2, -0.15) is 0 Å². The summed E-state index contributed by atoms with van der Waals surface area (Å²) in [6, 6.07) is -0.471. The number of likely N-dealkylation sites (tertiary alicyclic amines) is 1. The molecule has 0 bridgehead atoms. The molecule has 0 saturated carbocycles. The molecule has 30 heavy (non-hydrogen) atoms.